The number of ether oxygens (including phenoxy) is 1. The Bertz CT molecular complexity index is 413. The number of hydrogen-bond donors (Lipinski definition) is 2. The first-order chi connectivity index (χ1) is 8.70. The van der Waals surface area contributed by atoms with Crippen LogP contribution in [0.3, 0.4) is 0 Å². The number of hydrogen-bond acceptors (Lipinski definition) is 3. The van der Waals surface area contributed by atoms with Crippen LogP contribution in [-0.4, -0.2) is 22.9 Å². The topological polar surface area (TPSA) is 41.5 Å². The van der Waals surface area contributed by atoms with Crippen LogP contribution < -0.4 is 10.1 Å². The summed E-state index contributed by atoms with van der Waals surface area (Å²) < 4.78 is 6.78. The molecule has 0 aliphatic heterocycles. The summed E-state index contributed by atoms with van der Waals surface area (Å²) in [6, 6.07) is 5.97. The molecule has 4 heteroatoms. The Morgan fingerprint density at radius 2 is 1.95 bits per heavy atom. The molecule has 0 radical (unpaired) electrons. The maximum Gasteiger partial charge on any atom is 0.138 e. The molecular formula is C15H24BrNO2. The largest absolute Gasteiger partial charge is 0.487 e. The zero-order valence-corrected chi connectivity index (χ0v) is 13.9. The second kappa shape index (κ2) is 6.73. The molecule has 0 aliphatic carbocycles. The minimum absolute atomic E-state index is 0.0511. The molecule has 1 aromatic carbocycles. The molecule has 2 atom stereocenters. The van der Waals surface area contributed by atoms with Crippen molar-refractivity contribution in [3.63, 3.8) is 0 Å². The molecule has 0 spiro atoms. The van der Waals surface area contributed by atoms with E-state index in [0.29, 0.717) is 0 Å². The monoisotopic (exact) mass is 329 g/mol. The van der Waals surface area contributed by atoms with E-state index in [2.05, 4.69) is 42.0 Å². The van der Waals surface area contributed by atoms with E-state index in [1.807, 2.05) is 25.1 Å². The van der Waals surface area contributed by atoms with Gasteiger partial charge in [-0.05, 0) is 56.6 Å². The average Bonchev–Trinajstić information content (AvgIpc) is 2.28. The van der Waals surface area contributed by atoms with Gasteiger partial charge in [0, 0.05) is 17.6 Å². The molecule has 3 nitrogen and oxygen atoms in total. The van der Waals surface area contributed by atoms with Crippen molar-refractivity contribution in [1.29, 1.82) is 0 Å². The summed E-state index contributed by atoms with van der Waals surface area (Å²) in [5.74, 6) is 0.799. The highest BCUT2D eigenvalue weighted by Crippen LogP contribution is 2.30. The molecule has 2 unspecified atom stereocenters. The first-order valence-corrected chi connectivity index (χ1v) is 7.37. The lowest BCUT2D eigenvalue weighted by Gasteiger charge is -2.24. The van der Waals surface area contributed by atoms with E-state index < -0.39 is 6.10 Å². The van der Waals surface area contributed by atoms with Crippen molar-refractivity contribution in [1.82, 2.24) is 5.32 Å². The second-order valence-electron chi connectivity index (χ2n) is 5.90. The van der Waals surface area contributed by atoms with Gasteiger partial charge in [-0.2, -0.15) is 0 Å². The molecular weight excluding hydrogens is 306 g/mol. The number of aliphatic hydroxyl groups excluding tert-OH is 1. The molecule has 0 aromatic heterocycles. The molecule has 1 rings (SSSR count). The Labute approximate surface area is 124 Å². The first kappa shape index (κ1) is 16.5. The van der Waals surface area contributed by atoms with Gasteiger partial charge in [-0.15, -0.1) is 0 Å². The fourth-order valence-corrected chi connectivity index (χ4v) is 1.97. The Kier molecular flexibility index (Phi) is 5.83. The Morgan fingerprint density at radius 1 is 1.32 bits per heavy atom. The SMILES string of the molecule is CC(O)C(C)Oc1c(Br)cccc1CNC(C)(C)C. The molecule has 1 aromatic rings. The van der Waals surface area contributed by atoms with Gasteiger partial charge in [0.25, 0.3) is 0 Å². The summed E-state index contributed by atoms with van der Waals surface area (Å²) in [4.78, 5) is 0. The summed E-state index contributed by atoms with van der Waals surface area (Å²) in [5, 5.41) is 13.0. The smallest absolute Gasteiger partial charge is 0.138 e. The number of aliphatic hydroxyl groups is 1. The van der Waals surface area contributed by atoms with Gasteiger partial charge < -0.3 is 15.2 Å². The number of nitrogens with one attached hydrogen (secondary N) is 1. The van der Waals surface area contributed by atoms with Crippen molar-refractivity contribution in [3.05, 3.63) is 28.2 Å². The lowest BCUT2D eigenvalue weighted by Crippen LogP contribution is -2.35. The fraction of sp³-hybridized carbons (Fsp3) is 0.600. The summed E-state index contributed by atoms with van der Waals surface area (Å²) in [6.07, 6.45) is -0.748. The quantitative estimate of drug-likeness (QED) is 0.868. The molecule has 2 N–H and O–H groups in total. The molecule has 0 saturated heterocycles. The minimum Gasteiger partial charge on any atom is -0.487 e. The van der Waals surface area contributed by atoms with Crippen molar-refractivity contribution < 1.29 is 9.84 Å². The molecule has 0 aliphatic rings. The van der Waals surface area contributed by atoms with Crippen LogP contribution in [0.5, 0.6) is 5.75 Å². The summed E-state index contributed by atoms with van der Waals surface area (Å²) in [7, 11) is 0. The van der Waals surface area contributed by atoms with Crippen molar-refractivity contribution in [2.24, 2.45) is 0 Å². The van der Waals surface area contributed by atoms with Crippen LogP contribution >= 0.6 is 15.9 Å². The molecule has 0 fully saturated rings. The third kappa shape index (κ3) is 5.51. The van der Waals surface area contributed by atoms with Gasteiger partial charge in [-0.1, -0.05) is 12.1 Å². The van der Waals surface area contributed by atoms with E-state index in [-0.39, 0.29) is 11.6 Å². The maximum atomic E-state index is 9.57. The standard InChI is InChI=1S/C15H24BrNO2/c1-10(18)11(2)19-14-12(7-6-8-13(14)16)9-17-15(3,4)5/h6-8,10-11,17-18H,9H2,1-5H3. The van der Waals surface area contributed by atoms with Crippen LogP contribution in [0.2, 0.25) is 0 Å². The molecule has 0 heterocycles. The Balaban J connectivity index is 2.89. The Hall–Kier alpha value is -0.580. The Morgan fingerprint density at radius 3 is 2.47 bits per heavy atom. The van der Waals surface area contributed by atoms with Gasteiger partial charge in [0.15, 0.2) is 0 Å². The molecule has 0 amide bonds. The lowest BCUT2D eigenvalue weighted by molar-refractivity contribution is 0.0592. The van der Waals surface area contributed by atoms with Crippen LogP contribution in [0.4, 0.5) is 0 Å². The van der Waals surface area contributed by atoms with Crippen LogP contribution in [0.1, 0.15) is 40.2 Å². The minimum atomic E-state index is -0.504. The van der Waals surface area contributed by atoms with Crippen LogP contribution in [0, 0.1) is 0 Å². The van der Waals surface area contributed by atoms with E-state index in [1.165, 1.54) is 0 Å². The van der Waals surface area contributed by atoms with Crippen molar-refractivity contribution >= 4 is 15.9 Å². The zero-order chi connectivity index (χ0) is 14.6. The number of para-hydroxylation sites is 1. The summed E-state index contributed by atoms with van der Waals surface area (Å²) in [5.41, 5.74) is 1.13. The van der Waals surface area contributed by atoms with Crippen molar-refractivity contribution in [2.75, 3.05) is 0 Å². The highest BCUT2D eigenvalue weighted by Gasteiger charge is 2.17. The van der Waals surface area contributed by atoms with Gasteiger partial charge >= 0.3 is 0 Å². The lowest BCUT2D eigenvalue weighted by atomic mass is 10.1. The van der Waals surface area contributed by atoms with Gasteiger partial charge in [-0.25, -0.2) is 0 Å². The van der Waals surface area contributed by atoms with Crippen LogP contribution in [-0.2, 0) is 6.54 Å². The number of benzene rings is 1. The van der Waals surface area contributed by atoms with E-state index >= 15 is 0 Å². The van der Waals surface area contributed by atoms with E-state index in [1.54, 1.807) is 6.92 Å². The van der Waals surface area contributed by atoms with Crippen molar-refractivity contribution in [3.8, 4) is 5.75 Å². The molecule has 0 saturated carbocycles. The van der Waals surface area contributed by atoms with Gasteiger partial charge in [-0.3, -0.25) is 0 Å². The van der Waals surface area contributed by atoms with Gasteiger partial charge in [0.2, 0.25) is 0 Å². The van der Waals surface area contributed by atoms with Crippen LogP contribution in [0.15, 0.2) is 22.7 Å². The molecule has 19 heavy (non-hydrogen) atoms. The highest BCUT2D eigenvalue weighted by atomic mass is 79.9. The van der Waals surface area contributed by atoms with E-state index in [0.717, 1.165) is 22.3 Å². The van der Waals surface area contributed by atoms with Gasteiger partial charge in [0.1, 0.15) is 11.9 Å². The van der Waals surface area contributed by atoms with Crippen molar-refractivity contribution in [2.45, 2.75) is 58.9 Å². The fourth-order valence-electron chi connectivity index (χ4n) is 1.47. The first-order valence-electron chi connectivity index (χ1n) is 6.58. The second-order valence-corrected chi connectivity index (χ2v) is 6.75. The molecule has 108 valence electrons. The predicted octanol–water partition coefficient (Wildman–Crippen LogP) is 3.49. The average molecular weight is 330 g/mol. The third-order valence-corrected chi connectivity index (χ3v) is 3.47. The molecule has 0 bridgehead atoms. The van der Waals surface area contributed by atoms with E-state index in [9.17, 15) is 5.11 Å². The third-order valence-electron chi connectivity index (χ3n) is 2.84. The zero-order valence-electron chi connectivity index (χ0n) is 12.3. The van der Waals surface area contributed by atoms with Gasteiger partial charge in [0.05, 0.1) is 10.6 Å². The maximum absolute atomic E-state index is 9.57. The predicted molar refractivity (Wildman–Crippen MR) is 82.5 cm³/mol. The normalized spacial score (nSPS) is 15.1. The van der Waals surface area contributed by atoms with E-state index in [4.69, 9.17) is 4.74 Å². The van der Waals surface area contributed by atoms with Crippen LogP contribution in [0.25, 0.3) is 0 Å². The summed E-state index contributed by atoms with van der Waals surface area (Å²) in [6.45, 7) is 10.7. The summed E-state index contributed by atoms with van der Waals surface area (Å²) >= 11 is 3.51. The number of rotatable bonds is 5. The highest BCUT2D eigenvalue weighted by molar-refractivity contribution is 9.10. The number of halogens is 1.